The molecule has 0 bridgehead atoms. The summed E-state index contributed by atoms with van der Waals surface area (Å²) >= 11 is 0. The van der Waals surface area contributed by atoms with E-state index >= 15 is 0 Å². The summed E-state index contributed by atoms with van der Waals surface area (Å²) < 4.78 is 0. The smallest absolute Gasteiger partial charge is 0.0326 e. The third-order valence-corrected chi connectivity index (χ3v) is 6.87. The first-order chi connectivity index (χ1) is 9.06. The van der Waals surface area contributed by atoms with Crippen molar-refractivity contribution in [3.63, 3.8) is 0 Å². The van der Waals surface area contributed by atoms with Crippen LogP contribution in [0, 0.1) is 34.5 Å². The van der Waals surface area contributed by atoms with E-state index in [1.807, 2.05) is 0 Å². The lowest BCUT2D eigenvalue weighted by atomic mass is 9.65. The predicted molar refractivity (Wildman–Crippen MR) is 91.9 cm³/mol. The van der Waals surface area contributed by atoms with Crippen molar-refractivity contribution in [1.29, 1.82) is 0 Å². The molecule has 0 spiro atoms. The van der Waals surface area contributed by atoms with E-state index in [4.69, 9.17) is 0 Å². The number of hydrogen-bond acceptors (Lipinski definition) is 0. The first kappa shape index (κ1) is 18.1. The summed E-state index contributed by atoms with van der Waals surface area (Å²) in [7, 11) is 0. The molecular weight excluding hydrogens is 240 g/mol. The van der Waals surface area contributed by atoms with Crippen molar-refractivity contribution in [2.45, 2.75) is 93.9 Å². The van der Waals surface area contributed by atoms with Crippen molar-refractivity contribution >= 4 is 0 Å². The Morgan fingerprint density at radius 3 is 1.75 bits per heavy atom. The molecular formula is C20H40. The van der Waals surface area contributed by atoms with Gasteiger partial charge in [-0.3, -0.25) is 0 Å². The molecule has 0 saturated heterocycles. The highest BCUT2D eigenvalue weighted by Gasteiger charge is 2.33. The van der Waals surface area contributed by atoms with Gasteiger partial charge in [0.1, 0.15) is 0 Å². The summed E-state index contributed by atoms with van der Waals surface area (Å²) in [4.78, 5) is 0. The van der Waals surface area contributed by atoms with Crippen LogP contribution < -0.4 is 0 Å². The minimum atomic E-state index is 0.609. The average Bonchev–Trinajstić information content (AvgIpc) is 2.31. The maximum absolute atomic E-state index is 2.41. The summed E-state index contributed by atoms with van der Waals surface area (Å²) in [6.07, 6.45) is 8.63. The fourth-order valence-electron chi connectivity index (χ4n) is 4.25. The van der Waals surface area contributed by atoms with E-state index < -0.39 is 0 Å². The van der Waals surface area contributed by atoms with E-state index in [1.165, 1.54) is 38.5 Å². The summed E-state index contributed by atoms with van der Waals surface area (Å²) in [6, 6.07) is 0. The van der Waals surface area contributed by atoms with Crippen molar-refractivity contribution in [3.8, 4) is 0 Å². The Labute approximate surface area is 129 Å². The minimum Gasteiger partial charge on any atom is -0.0625 e. The molecule has 0 heteroatoms. The zero-order chi connectivity index (χ0) is 15.6. The highest BCUT2D eigenvalue weighted by Crippen LogP contribution is 2.43. The Morgan fingerprint density at radius 1 is 0.750 bits per heavy atom. The van der Waals surface area contributed by atoms with Gasteiger partial charge < -0.3 is 0 Å². The van der Waals surface area contributed by atoms with Gasteiger partial charge >= 0.3 is 0 Å². The van der Waals surface area contributed by atoms with Gasteiger partial charge in [-0.2, -0.15) is 0 Å². The molecule has 0 aromatic carbocycles. The molecule has 2 aliphatic carbocycles. The largest absolute Gasteiger partial charge is 0.0625 e. The van der Waals surface area contributed by atoms with E-state index in [0.29, 0.717) is 10.8 Å². The molecule has 2 saturated carbocycles. The molecule has 2 fully saturated rings. The lowest BCUT2D eigenvalue weighted by Gasteiger charge is -2.40. The zero-order valence-corrected chi connectivity index (χ0v) is 15.6. The molecule has 0 heterocycles. The van der Waals surface area contributed by atoms with Crippen LogP contribution in [-0.4, -0.2) is 0 Å². The molecule has 2 rings (SSSR count). The monoisotopic (exact) mass is 280 g/mol. The molecule has 0 aromatic rings. The van der Waals surface area contributed by atoms with Crippen molar-refractivity contribution < 1.29 is 0 Å². The second-order valence-corrected chi connectivity index (χ2v) is 9.42. The van der Waals surface area contributed by atoms with Gasteiger partial charge in [0.15, 0.2) is 0 Å². The Morgan fingerprint density at radius 2 is 1.35 bits per heavy atom. The topological polar surface area (TPSA) is 0 Å². The summed E-state index contributed by atoms with van der Waals surface area (Å²) in [6.45, 7) is 19.2. The van der Waals surface area contributed by atoms with Crippen LogP contribution in [-0.2, 0) is 0 Å². The van der Waals surface area contributed by atoms with Gasteiger partial charge in [-0.25, -0.2) is 0 Å². The standard InChI is InChI=1S/2C10H20/c1-8-5-6-9(2)10(3,4)7-8;1-8-6-5-7-10(3,4)9(8)2/h2*8-9H,5-7H2,1-4H3. The van der Waals surface area contributed by atoms with Gasteiger partial charge in [-0.05, 0) is 53.8 Å². The normalized spacial score (nSPS) is 39.6. The molecule has 0 N–H and O–H groups in total. The van der Waals surface area contributed by atoms with E-state index in [0.717, 1.165) is 23.7 Å². The Balaban J connectivity index is 0.000000200. The van der Waals surface area contributed by atoms with Crippen LogP contribution in [0.2, 0.25) is 0 Å². The van der Waals surface area contributed by atoms with Gasteiger partial charge in [0.25, 0.3) is 0 Å². The molecule has 0 radical (unpaired) electrons. The van der Waals surface area contributed by atoms with Crippen LogP contribution >= 0.6 is 0 Å². The van der Waals surface area contributed by atoms with Crippen molar-refractivity contribution in [2.75, 3.05) is 0 Å². The quantitative estimate of drug-likeness (QED) is 0.451. The van der Waals surface area contributed by atoms with Crippen LogP contribution in [0.4, 0.5) is 0 Å². The van der Waals surface area contributed by atoms with Crippen LogP contribution in [0.5, 0.6) is 0 Å². The summed E-state index contributed by atoms with van der Waals surface area (Å²) in [5.74, 6) is 3.76. The van der Waals surface area contributed by atoms with Crippen molar-refractivity contribution in [1.82, 2.24) is 0 Å². The SMILES string of the molecule is CC1CCC(C)C(C)(C)C1.CC1CCCC(C)(C)C1C. The first-order valence-corrected chi connectivity index (χ1v) is 9.06. The lowest BCUT2D eigenvalue weighted by Crippen LogP contribution is -2.31. The Kier molecular flexibility index (Phi) is 6.17. The van der Waals surface area contributed by atoms with Gasteiger partial charge in [0.05, 0.1) is 0 Å². The zero-order valence-electron chi connectivity index (χ0n) is 15.6. The fraction of sp³-hybridized carbons (Fsp3) is 1.00. The number of rotatable bonds is 0. The third-order valence-electron chi connectivity index (χ3n) is 6.87. The summed E-state index contributed by atoms with van der Waals surface area (Å²) in [5.41, 5.74) is 1.22. The molecule has 20 heavy (non-hydrogen) atoms. The Hall–Kier alpha value is 0. The second-order valence-electron chi connectivity index (χ2n) is 9.42. The van der Waals surface area contributed by atoms with E-state index in [1.54, 1.807) is 0 Å². The van der Waals surface area contributed by atoms with Gasteiger partial charge in [0.2, 0.25) is 0 Å². The van der Waals surface area contributed by atoms with Gasteiger partial charge in [-0.1, -0.05) is 74.7 Å². The van der Waals surface area contributed by atoms with Crippen molar-refractivity contribution in [3.05, 3.63) is 0 Å². The highest BCUT2D eigenvalue weighted by atomic mass is 14.4. The number of hydrogen-bond donors (Lipinski definition) is 0. The van der Waals surface area contributed by atoms with Crippen molar-refractivity contribution in [2.24, 2.45) is 34.5 Å². The molecule has 4 unspecified atom stereocenters. The Bertz CT molecular complexity index is 284. The first-order valence-electron chi connectivity index (χ1n) is 9.06. The molecule has 0 amide bonds. The minimum absolute atomic E-state index is 0.609. The fourth-order valence-corrected chi connectivity index (χ4v) is 4.25. The van der Waals surface area contributed by atoms with E-state index in [2.05, 4.69) is 55.4 Å². The molecule has 120 valence electrons. The maximum atomic E-state index is 2.41. The second kappa shape index (κ2) is 6.84. The summed E-state index contributed by atoms with van der Waals surface area (Å²) in [5, 5.41) is 0. The van der Waals surface area contributed by atoms with Crippen LogP contribution in [0.15, 0.2) is 0 Å². The van der Waals surface area contributed by atoms with Crippen LogP contribution in [0.25, 0.3) is 0 Å². The predicted octanol–water partition coefficient (Wildman–Crippen LogP) is 6.94. The molecule has 2 aliphatic rings. The molecule has 0 aromatic heterocycles. The molecule has 0 nitrogen and oxygen atoms in total. The van der Waals surface area contributed by atoms with E-state index in [9.17, 15) is 0 Å². The lowest BCUT2D eigenvalue weighted by molar-refractivity contribution is 0.0996. The van der Waals surface area contributed by atoms with Crippen LogP contribution in [0.3, 0.4) is 0 Å². The van der Waals surface area contributed by atoms with Crippen LogP contribution in [0.1, 0.15) is 93.9 Å². The van der Waals surface area contributed by atoms with Gasteiger partial charge in [0, 0.05) is 0 Å². The molecule has 4 atom stereocenters. The maximum Gasteiger partial charge on any atom is -0.0326 e. The van der Waals surface area contributed by atoms with E-state index in [-0.39, 0.29) is 0 Å². The van der Waals surface area contributed by atoms with Gasteiger partial charge in [-0.15, -0.1) is 0 Å². The average molecular weight is 281 g/mol. The molecule has 0 aliphatic heterocycles. The highest BCUT2D eigenvalue weighted by molar-refractivity contribution is 4.83. The third kappa shape index (κ3) is 4.78.